The van der Waals surface area contributed by atoms with E-state index >= 15 is 0 Å². The van der Waals surface area contributed by atoms with Crippen molar-refractivity contribution >= 4 is 17.2 Å². The third-order valence-corrected chi connectivity index (χ3v) is 2.71. The molecule has 0 saturated carbocycles. The van der Waals surface area contributed by atoms with E-state index < -0.39 is 0 Å². The molecule has 0 fully saturated rings. The van der Waals surface area contributed by atoms with Crippen LogP contribution in [0.1, 0.15) is 0 Å². The lowest BCUT2D eigenvalue weighted by molar-refractivity contribution is 0.270. The number of aliphatic hydroxyl groups excluding tert-OH is 1. The van der Waals surface area contributed by atoms with Gasteiger partial charge >= 0.3 is 0 Å². The fourth-order valence-electron chi connectivity index (χ4n) is 1.31. The van der Waals surface area contributed by atoms with Crippen LogP contribution < -0.4 is 5.73 Å². The highest BCUT2D eigenvalue weighted by molar-refractivity contribution is 7.08. The zero-order chi connectivity index (χ0) is 9.97. The number of anilines is 1. The zero-order valence-electron chi connectivity index (χ0n) is 7.55. The van der Waals surface area contributed by atoms with Gasteiger partial charge in [0.15, 0.2) is 0 Å². The highest BCUT2D eigenvalue weighted by Gasteiger charge is 2.08. The van der Waals surface area contributed by atoms with Gasteiger partial charge in [-0.1, -0.05) is 0 Å². The molecule has 2 aromatic heterocycles. The predicted octanol–water partition coefficient (Wildman–Crippen LogP) is 1.19. The average molecular weight is 209 g/mol. The Morgan fingerprint density at radius 2 is 2.43 bits per heavy atom. The standard InChI is InChI=1S/C9H11N3OS/c10-9-8(7-1-4-14-6-7)5-11-12(9)2-3-13/h1,4-6,13H,2-3,10H2. The Morgan fingerprint density at radius 1 is 1.57 bits per heavy atom. The van der Waals surface area contributed by atoms with Crippen molar-refractivity contribution in [3.63, 3.8) is 0 Å². The summed E-state index contributed by atoms with van der Waals surface area (Å²) in [6.45, 7) is 0.491. The van der Waals surface area contributed by atoms with Gasteiger partial charge in [0, 0.05) is 5.56 Å². The monoisotopic (exact) mass is 209 g/mol. The summed E-state index contributed by atoms with van der Waals surface area (Å²) in [5.74, 6) is 0.609. The van der Waals surface area contributed by atoms with E-state index in [1.165, 1.54) is 0 Å². The Hall–Kier alpha value is -1.33. The van der Waals surface area contributed by atoms with Crippen LogP contribution in [0.3, 0.4) is 0 Å². The van der Waals surface area contributed by atoms with Crippen LogP contribution in [0, 0.1) is 0 Å². The molecule has 0 radical (unpaired) electrons. The molecule has 2 aromatic rings. The maximum atomic E-state index is 8.77. The van der Waals surface area contributed by atoms with Gasteiger partial charge in [-0.2, -0.15) is 16.4 Å². The molecular formula is C9H11N3OS. The van der Waals surface area contributed by atoms with Crippen molar-refractivity contribution in [2.75, 3.05) is 12.3 Å². The number of thiophene rings is 1. The zero-order valence-corrected chi connectivity index (χ0v) is 8.37. The topological polar surface area (TPSA) is 64.1 Å². The molecule has 2 rings (SSSR count). The average Bonchev–Trinajstić information content (AvgIpc) is 2.77. The van der Waals surface area contributed by atoms with Gasteiger partial charge in [0.25, 0.3) is 0 Å². The first-order valence-electron chi connectivity index (χ1n) is 4.27. The maximum Gasteiger partial charge on any atom is 0.129 e. The molecule has 0 atom stereocenters. The lowest BCUT2D eigenvalue weighted by Crippen LogP contribution is -2.07. The smallest absolute Gasteiger partial charge is 0.129 e. The molecule has 0 aromatic carbocycles. The lowest BCUT2D eigenvalue weighted by atomic mass is 10.2. The third-order valence-electron chi connectivity index (χ3n) is 2.02. The molecule has 4 nitrogen and oxygen atoms in total. The molecule has 0 aliphatic rings. The second kappa shape index (κ2) is 3.81. The molecule has 0 saturated heterocycles. The van der Waals surface area contributed by atoms with Crippen LogP contribution in [0.15, 0.2) is 23.0 Å². The van der Waals surface area contributed by atoms with Crippen molar-refractivity contribution in [1.82, 2.24) is 9.78 Å². The quantitative estimate of drug-likeness (QED) is 0.798. The first-order valence-corrected chi connectivity index (χ1v) is 5.22. The Kier molecular flexibility index (Phi) is 2.51. The number of aromatic nitrogens is 2. The second-order valence-electron chi connectivity index (χ2n) is 2.90. The van der Waals surface area contributed by atoms with Crippen LogP contribution in [0.25, 0.3) is 11.1 Å². The molecule has 2 heterocycles. The molecule has 0 aliphatic heterocycles. The summed E-state index contributed by atoms with van der Waals surface area (Å²) in [6, 6.07) is 2.00. The van der Waals surface area contributed by atoms with E-state index in [0.29, 0.717) is 12.4 Å². The number of hydrogen-bond donors (Lipinski definition) is 2. The number of nitrogens with zero attached hydrogens (tertiary/aromatic N) is 2. The molecule has 0 spiro atoms. The molecule has 3 N–H and O–H groups in total. The Bertz CT molecular complexity index is 408. The van der Waals surface area contributed by atoms with Crippen molar-refractivity contribution in [3.05, 3.63) is 23.0 Å². The highest BCUT2D eigenvalue weighted by atomic mass is 32.1. The number of nitrogen functional groups attached to an aromatic ring is 1. The van der Waals surface area contributed by atoms with Crippen molar-refractivity contribution in [2.24, 2.45) is 0 Å². The van der Waals surface area contributed by atoms with Crippen LogP contribution in [0.4, 0.5) is 5.82 Å². The van der Waals surface area contributed by atoms with Crippen molar-refractivity contribution in [3.8, 4) is 11.1 Å². The first-order chi connectivity index (χ1) is 6.83. The molecule has 0 aliphatic carbocycles. The minimum atomic E-state index is 0.0506. The molecular weight excluding hydrogens is 198 g/mol. The summed E-state index contributed by atoms with van der Waals surface area (Å²) in [4.78, 5) is 0. The predicted molar refractivity (Wildman–Crippen MR) is 57.0 cm³/mol. The highest BCUT2D eigenvalue weighted by Crippen LogP contribution is 2.27. The Labute approximate surface area is 85.6 Å². The molecule has 0 amide bonds. The SMILES string of the molecule is Nc1c(-c2ccsc2)cnn1CCO. The fraction of sp³-hybridized carbons (Fsp3) is 0.222. The fourth-order valence-corrected chi connectivity index (χ4v) is 1.96. The summed E-state index contributed by atoms with van der Waals surface area (Å²) < 4.78 is 1.60. The van der Waals surface area contributed by atoms with E-state index in [1.54, 1.807) is 22.2 Å². The van der Waals surface area contributed by atoms with E-state index in [4.69, 9.17) is 10.8 Å². The van der Waals surface area contributed by atoms with Gasteiger partial charge in [-0.05, 0) is 22.4 Å². The van der Waals surface area contributed by atoms with Crippen LogP contribution in [0.5, 0.6) is 0 Å². The van der Waals surface area contributed by atoms with Gasteiger partial charge in [0.05, 0.1) is 19.3 Å². The number of hydrogen-bond acceptors (Lipinski definition) is 4. The molecule has 74 valence electrons. The summed E-state index contributed by atoms with van der Waals surface area (Å²) in [7, 11) is 0. The number of rotatable bonds is 3. The van der Waals surface area contributed by atoms with Crippen molar-refractivity contribution < 1.29 is 5.11 Å². The van der Waals surface area contributed by atoms with Gasteiger partial charge in [0.2, 0.25) is 0 Å². The second-order valence-corrected chi connectivity index (χ2v) is 3.68. The summed E-state index contributed by atoms with van der Waals surface area (Å²) >= 11 is 1.62. The van der Waals surface area contributed by atoms with E-state index in [-0.39, 0.29) is 6.61 Å². The molecule has 0 bridgehead atoms. The first kappa shape index (κ1) is 9.23. The van der Waals surface area contributed by atoms with Crippen LogP contribution in [0.2, 0.25) is 0 Å². The van der Waals surface area contributed by atoms with Gasteiger partial charge < -0.3 is 10.8 Å². The van der Waals surface area contributed by atoms with Crippen molar-refractivity contribution in [1.29, 1.82) is 0 Å². The van der Waals surface area contributed by atoms with Gasteiger partial charge in [-0.25, -0.2) is 4.68 Å². The van der Waals surface area contributed by atoms with E-state index in [0.717, 1.165) is 11.1 Å². The van der Waals surface area contributed by atoms with E-state index in [9.17, 15) is 0 Å². The molecule has 14 heavy (non-hydrogen) atoms. The van der Waals surface area contributed by atoms with Crippen LogP contribution in [-0.4, -0.2) is 21.5 Å². The molecule has 5 heteroatoms. The third kappa shape index (κ3) is 1.51. The van der Waals surface area contributed by atoms with E-state index in [1.807, 2.05) is 16.8 Å². The van der Waals surface area contributed by atoms with E-state index in [2.05, 4.69) is 5.10 Å². The largest absolute Gasteiger partial charge is 0.394 e. The maximum absolute atomic E-state index is 8.77. The minimum absolute atomic E-state index is 0.0506. The Morgan fingerprint density at radius 3 is 3.07 bits per heavy atom. The van der Waals surface area contributed by atoms with Gasteiger partial charge in [-0.15, -0.1) is 0 Å². The lowest BCUT2D eigenvalue weighted by Gasteiger charge is -2.01. The van der Waals surface area contributed by atoms with Crippen LogP contribution >= 0.6 is 11.3 Å². The molecule has 0 unspecified atom stereocenters. The summed E-state index contributed by atoms with van der Waals surface area (Å²) in [5.41, 5.74) is 7.89. The van der Waals surface area contributed by atoms with Crippen molar-refractivity contribution in [2.45, 2.75) is 6.54 Å². The summed E-state index contributed by atoms with van der Waals surface area (Å²) in [6.07, 6.45) is 1.73. The van der Waals surface area contributed by atoms with Gasteiger partial charge in [0.1, 0.15) is 5.82 Å². The number of nitrogens with two attached hydrogens (primary N) is 1. The normalized spacial score (nSPS) is 10.6. The van der Waals surface area contributed by atoms with Crippen LogP contribution in [-0.2, 0) is 6.54 Å². The Balaban J connectivity index is 2.36. The number of aliphatic hydroxyl groups is 1. The van der Waals surface area contributed by atoms with Gasteiger partial charge in [-0.3, -0.25) is 0 Å². The summed E-state index contributed by atoms with van der Waals surface area (Å²) in [5, 5.41) is 16.9. The minimum Gasteiger partial charge on any atom is -0.394 e.